The van der Waals surface area contributed by atoms with Crippen LogP contribution in [0.5, 0.6) is 0 Å². The van der Waals surface area contributed by atoms with Crippen LogP contribution in [0.4, 0.5) is 14.6 Å². The number of nitrogens with zero attached hydrogens (tertiary/aromatic N) is 3. The molecule has 2 aromatic heterocycles. The third-order valence-corrected chi connectivity index (χ3v) is 7.17. The van der Waals surface area contributed by atoms with E-state index in [1.807, 2.05) is 0 Å². The number of aromatic nitrogens is 3. The van der Waals surface area contributed by atoms with Crippen LogP contribution in [0.1, 0.15) is 34.3 Å². The topological polar surface area (TPSA) is 129 Å². The van der Waals surface area contributed by atoms with Gasteiger partial charge >= 0.3 is 10.3 Å². The average Bonchev–Trinajstić information content (AvgIpc) is 3.36. The Balaban J connectivity index is 1.49. The Hall–Kier alpha value is -2.45. The summed E-state index contributed by atoms with van der Waals surface area (Å²) in [5.41, 5.74) is 1.15. The Bertz CT molecular complexity index is 1390. The maximum atomic E-state index is 14.6. The highest BCUT2D eigenvalue weighted by atomic mass is 79.9. The molecule has 0 amide bonds. The van der Waals surface area contributed by atoms with Gasteiger partial charge in [-0.25, -0.2) is 23.9 Å². The van der Waals surface area contributed by atoms with E-state index in [1.165, 1.54) is 24.7 Å². The van der Waals surface area contributed by atoms with Crippen molar-refractivity contribution < 1.29 is 26.2 Å². The molecule has 1 aliphatic carbocycles. The van der Waals surface area contributed by atoms with Gasteiger partial charge in [0.05, 0.1) is 22.7 Å². The fourth-order valence-electron chi connectivity index (χ4n) is 4.06. The molecule has 0 aliphatic heterocycles. The van der Waals surface area contributed by atoms with Crippen LogP contribution in [0.15, 0.2) is 47.5 Å². The van der Waals surface area contributed by atoms with Gasteiger partial charge in [-0.1, -0.05) is 17.7 Å². The minimum atomic E-state index is -4.12. The van der Waals surface area contributed by atoms with Gasteiger partial charge in [-0.15, -0.1) is 0 Å². The van der Waals surface area contributed by atoms with Gasteiger partial charge in [-0.05, 0) is 58.5 Å². The lowest BCUT2D eigenvalue weighted by Gasteiger charge is -2.17. The number of hydrogen-bond donors (Lipinski definition) is 2. The lowest BCUT2D eigenvalue weighted by molar-refractivity contribution is 0.103. The first kappa shape index (κ1) is 26.6. The Morgan fingerprint density at radius 1 is 1.33 bits per heavy atom. The third kappa shape index (κ3) is 6.45. The van der Waals surface area contributed by atoms with Crippen molar-refractivity contribution in [3.8, 4) is 0 Å². The second-order valence-corrected chi connectivity index (χ2v) is 10.9. The Morgan fingerprint density at radius 3 is 2.83 bits per heavy atom. The number of hydrogen-bond acceptors (Lipinski definition) is 7. The Morgan fingerprint density at radius 2 is 2.11 bits per heavy atom. The summed E-state index contributed by atoms with van der Waals surface area (Å²) in [6, 6.07) is 5.34. The molecule has 1 aromatic carbocycles. The van der Waals surface area contributed by atoms with Crippen molar-refractivity contribution in [3.05, 3.63) is 75.1 Å². The lowest BCUT2D eigenvalue weighted by Crippen LogP contribution is -2.27. The highest BCUT2D eigenvalue weighted by Crippen LogP contribution is 2.32. The smallest absolute Gasteiger partial charge is 0.333 e. The summed E-state index contributed by atoms with van der Waals surface area (Å²) < 4.78 is 56.7. The van der Waals surface area contributed by atoms with Crippen LogP contribution in [0.2, 0.25) is 5.15 Å². The highest BCUT2D eigenvalue weighted by molar-refractivity contribution is 9.10. The van der Waals surface area contributed by atoms with Gasteiger partial charge < -0.3 is 9.88 Å². The molecule has 14 heteroatoms. The predicted octanol–water partition coefficient (Wildman–Crippen LogP) is 3.86. The van der Waals surface area contributed by atoms with Crippen molar-refractivity contribution in [1.82, 2.24) is 14.5 Å². The predicted molar refractivity (Wildman–Crippen MR) is 132 cm³/mol. The van der Waals surface area contributed by atoms with Gasteiger partial charge in [0.25, 0.3) is 0 Å². The number of nitrogens with one attached hydrogen (secondary N) is 1. The van der Waals surface area contributed by atoms with E-state index < -0.39 is 34.1 Å². The van der Waals surface area contributed by atoms with Crippen molar-refractivity contribution in [2.45, 2.75) is 31.6 Å². The number of ketones is 1. The highest BCUT2D eigenvalue weighted by Gasteiger charge is 2.36. The summed E-state index contributed by atoms with van der Waals surface area (Å²) in [7, 11) is -4.12. The number of halogens is 4. The van der Waals surface area contributed by atoms with E-state index in [0.29, 0.717) is 16.2 Å². The second kappa shape index (κ2) is 10.9. The molecule has 3 atom stereocenters. The normalized spacial score (nSPS) is 20.0. The van der Waals surface area contributed by atoms with E-state index in [0.717, 1.165) is 5.56 Å². The Kier molecular flexibility index (Phi) is 8.05. The third-order valence-electron chi connectivity index (χ3n) is 5.77. The first-order chi connectivity index (χ1) is 17.0. The van der Waals surface area contributed by atoms with E-state index in [4.69, 9.17) is 16.7 Å². The summed E-state index contributed by atoms with van der Waals surface area (Å²) >= 11 is 9.48. The molecule has 0 saturated heterocycles. The molecular weight excluding hydrogens is 584 g/mol. The molecule has 3 aromatic rings. The molecule has 2 heterocycles. The average molecular weight is 605 g/mol. The van der Waals surface area contributed by atoms with E-state index in [9.17, 15) is 22.0 Å². The van der Waals surface area contributed by atoms with Crippen molar-refractivity contribution >= 4 is 49.4 Å². The van der Waals surface area contributed by atoms with Crippen molar-refractivity contribution in [1.29, 1.82) is 0 Å². The van der Waals surface area contributed by atoms with Gasteiger partial charge in [-0.2, -0.15) is 8.42 Å². The minimum absolute atomic E-state index is 0.0690. The van der Waals surface area contributed by atoms with Gasteiger partial charge in [0.1, 0.15) is 29.3 Å². The van der Waals surface area contributed by atoms with Crippen LogP contribution >= 0.6 is 27.5 Å². The van der Waals surface area contributed by atoms with Crippen molar-refractivity contribution in [3.63, 3.8) is 0 Å². The molecule has 1 aliphatic rings. The second-order valence-electron chi connectivity index (χ2n) is 8.42. The molecule has 36 heavy (non-hydrogen) atoms. The molecule has 0 bridgehead atoms. The number of rotatable bonds is 9. The van der Waals surface area contributed by atoms with Crippen LogP contribution in [0.3, 0.4) is 0 Å². The summed E-state index contributed by atoms with van der Waals surface area (Å²) in [4.78, 5) is 21.3. The SMILES string of the molecule is NS(=O)(=O)OCC1CC(F)C(Nc2ncncc2C(=O)c2cc(Cl)n(Cc3ccc(F)c(Br)c3)c2)C1. The fourth-order valence-corrected chi connectivity index (χ4v) is 5.10. The van der Waals surface area contributed by atoms with Crippen LogP contribution in [0, 0.1) is 11.7 Å². The number of benzene rings is 1. The summed E-state index contributed by atoms with van der Waals surface area (Å²) in [5, 5.41) is 8.08. The van der Waals surface area contributed by atoms with E-state index in [-0.39, 0.29) is 42.3 Å². The zero-order chi connectivity index (χ0) is 26.0. The number of anilines is 1. The quantitative estimate of drug-likeness (QED) is 0.355. The van der Waals surface area contributed by atoms with Gasteiger partial charge in [-0.3, -0.25) is 8.98 Å². The van der Waals surface area contributed by atoms with E-state index in [1.54, 1.807) is 22.9 Å². The summed E-state index contributed by atoms with van der Waals surface area (Å²) in [6.45, 7) is 0.0681. The molecule has 3 N–H and O–H groups in total. The molecule has 0 spiro atoms. The molecule has 1 fully saturated rings. The zero-order valence-corrected chi connectivity index (χ0v) is 21.7. The molecule has 3 unspecified atom stereocenters. The maximum absolute atomic E-state index is 14.6. The molecule has 0 radical (unpaired) electrons. The maximum Gasteiger partial charge on any atom is 0.333 e. The molecular formula is C22H21BrClF2N5O4S. The van der Waals surface area contributed by atoms with Gasteiger partial charge in [0.15, 0.2) is 5.78 Å². The fraction of sp³-hybridized carbons (Fsp3) is 0.318. The first-order valence-electron chi connectivity index (χ1n) is 10.7. The van der Waals surface area contributed by atoms with E-state index in [2.05, 4.69) is 35.4 Å². The summed E-state index contributed by atoms with van der Waals surface area (Å²) in [5.74, 6) is -1.06. The van der Waals surface area contributed by atoms with Crippen molar-refractivity contribution in [2.24, 2.45) is 11.1 Å². The first-order valence-corrected chi connectivity index (χ1v) is 13.4. The number of carbonyl (C=O) groups is 1. The number of nitrogens with two attached hydrogens (primary N) is 1. The van der Waals surface area contributed by atoms with Gasteiger partial charge in [0.2, 0.25) is 0 Å². The summed E-state index contributed by atoms with van der Waals surface area (Å²) in [6.07, 6.45) is 3.12. The number of alkyl halides is 1. The zero-order valence-electron chi connectivity index (χ0n) is 18.6. The lowest BCUT2D eigenvalue weighted by atomic mass is 10.1. The van der Waals surface area contributed by atoms with Crippen LogP contribution in [-0.4, -0.2) is 47.6 Å². The minimum Gasteiger partial charge on any atom is -0.364 e. The standard InChI is InChI=1S/C22H21BrClF2N5O4S/c23-16-3-12(1-2-17(16)25)8-31-9-14(6-20(31)24)21(32)15-7-28-11-29-22(15)30-19-5-13(4-18(19)26)10-35-36(27,33)34/h1-3,6-7,9,11,13,18-19H,4-5,8,10H2,(H2,27,33,34)(H,28,29,30). The van der Waals surface area contributed by atoms with E-state index >= 15 is 0 Å². The monoisotopic (exact) mass is 603 g/mol. The van der Waals surface area contributed by atoms with Crippen molar-refractivity contribution in [2.75, 3.05) is 11.9 Å². The van der Waals surface area contributed by atoms with Crippen LogP contribution < -0.4 is 10.5 Å². The molecule has 192 valence electrons. The molecule has 1 saturated carbocycles. The largest absolute Gasteiger partial charge is 0.364 e. The van der Waals surface area contributed by atoms with Crippen LogP contribution in [-0.2, 0) is 21.0 Å². The number of carbonyl (C=O) groups excluding carboxylic acids is 1. The van der Waals surface area contributed by atoms with Gasteiger partial charge in [0, 0.05) is 24.5 Å². The molecule has 4 rings (SSSR count). The van der Waals surface area contributed by atoms with Crippen LogP contribution in [0.25, 0.3) is 0 Å². The molecule has 9 nitrogen and oxygen atoms in total. The Labute approximate surface area is 219 Å².